The molecule has 0 saturated carbocycles. The lowest BCUT2D eigenvalue weighted by molar-refractivity contribution is 0.0697. The van der Waals surface area contributed by atoms with Gasteiger partial charge in [0.05, 0.1) is 24.8 Å². The zero-order valence-corrected chi connectivity index (χ0v) is 18.6. The first-order valence-electron chi connectivity index (χ1n) is 9.88. The van der Waals surface area contributed by atoms with Gasteiger partial charge in [-0.05, 0) is 55.2 Å². The van der Waals surface area contributed by atoms with E-state index in [0.29, 0.717) is 28.7 Å². The zero-order chi connectivity index (χ0) is 21.9. The minimum absolute atomic E-state index is 0.0150. The molecule has 0 unspecified atom stereocenters. The second kappa shape index (κ2) is 8.95. The highest BCUT2D eigenvalue weighted by molar-refractivity contribution is 7.92. The number of amides is 1. The maximum atomic E-state index is 13.1. The third-order valence-electron chi connectivity index (χ3n) is 5.56. The third kappa shape index (κ3) is 4.38. The minimum Gasteiger partial charge on any atom is -0.493 e. The fraction of sp³-hybridized carbons (Fsp3) is 0.409. The monoisotopic (exact) mass is 432 g/mol. The number of piperidine rings is 1. The summed E-state index contributed by atoms with van der Waals surface area (Å²) in [4.78, 5) is 14.7. The molecule has 3 rings (SSSR count). The number of methoxy groups -OCH3 is 2. The van der Waals surface area contributed by atoms with Gasteiger partial charge in [0, 0.05) is 31.8 Å². The van der Waals surface area contributed by atoms with E-state index in [0.717, 1.165) is 25.9 Å². The number of nitrogens with zero attached hydrogens (tertiary/aromatic N) is 2. The Morgan fingerprint density at radius 3 is 2.17 bits per heavy atom. The smallest absolute Gasteiger partial charge is 0.264 e. The second-order valence-electron chi connectivity index (χ2n) is 7.51. The number of ether oxygens (including phenoxy) is 2. The highest BCUT2D eigenvalue weighted by Gasteiger charge is 2.24. The minimum atomic E-state index is -3.81. The average Bonchev–Trinajstić information content (AvgIpc) is 2.78. The zero-order valence-electron chi connectivity index (χ0n) is 17.8. The predicted octanol–water partition coefficient (Wildman–Crippen LogP) is 3.40. The fourth-order valence-electron chi connectivity index (χ4n) is 3.48. The number of carbonyl (C=O) groups is 1. The van der Waals surface area contributed by atoms with E-state index in [1.165, 1.54) is 37.7 Å². The summed E-state index contributed by atoms with van der Waals surface area (Å²) in [6.07, 6.45) is 2.02. The summed E-state index contributed by atoms with van der Waals surface area (Å²) in [5.41, 5.74) is 1.03. The van der Waals surface area contributed by atoms with Gasteiger partial charge < -0.3 is 14.4 Å². The largest absolute Gasteiger partial charge is 0.493 e. The van der Waals surface area contributed by atoms with E-state index in [2.05, 4.69) is 6.92 Å². The van der Waals surface area contributed by atoms with Crippen molar-refractivity contribution in [1.82, 2.24) is 4.90 Å². The molecule has 2 aromatic carbocycles. The van der Waals surface area contributed by atoms with Crippen LogP contribution in [-0.2, 0) is 10.0 Å². The fourth-order valence-corrected chi connectivity index (χ4v) is 4.69. The van der Waals surface area contributed by atoms with Crippen LogP contribution in [0.4, 0.5) is 5.69 Å². The summed E-state index contributed by atoms with van der Waals surface area (Å²) in [6.45, 7) is 3.72. The van der Waals surface area contributed by atoms with Gasteiger partial charge in [-0.3, -0.25) is 9.10 Å². The van der Waals surface area contributed by atoms with E-state index in [9.17, 15) is 13.2 Å². The van der Waals surface area contributed by atoms with Crippen LogP contribution in [0, 0.1) is 5.92 Å². The molecule has 0 aliphatic carbocycles. The molecule has 162 valence electrons. The molecule has 7 nitrogen and oxygen atoms in total. The normalized spacial score (nSPS) is 15.0. The lowest BCUT2D eigenvalue weighted by Crippen LogP contribution is -2.37. The van der Waals surface area contributed by atoms with Gasteiger partial charge in [0.25, 0.3) is 15.9 Å². The molecule has 0 bridgehead atoms. The van der Waals surface area contributed by atoms with E-state index in [1.54, 1.807) is 30.3 Å². The van der Waals surface area contributed by atoms with Crippen LogP contribution >= 0.6 is 0 Å². The molecule has 8 heteroatoms. The van der Waals surface area contributed by atoms with E-state index in [-0.39, 0.29) is 10.8 Å². The quantitative estimate of drug-likeness (QED) is 0.699. The second-order valence-corrected chi connectivity index (χ2v) is 9.48. The number of likely N-dealkylation sites (tertiary alicyclic amines) is 1. The van der Waals surface area contributed by atoms with E-state index in [4.69, 9.17) is 9.47 Å². The molecule has 0 N–H and O–H groups in total. The van der Waals surface area contributed by atoms with Gasteiger partial charge in [-0.1, -0.05) is 6.92 Å². The summed E-state index contributed by atoms with van der Waals surface area (Å²) in [6, 6.07) is 11.1. The van der Waals surface area contributed by atoms with Crippen molar-refractivity contribution in [1.29, 1.82) is 0 Å². The van der Waals surface area contributed by atoms with E-state index in [1.807, 2.05) is 4.90 Å². The molecule has 0 atom stereocenters. The van der Waals surface area contributed by atoms with Gasteiger partial charge >= 0.3 is 0 Å². The van der Waals surface area contributed by atoms with Crippen molar-refractivity contribution in [2.75, 3.05) is 38.7 Å². The number of sulfonamides is 1. The molecule has 2 aromatic rings. The van der Waals surface area contributed by atoms with Crippen LogP contribution < -0.4 is 13.8 Å². The number of hydrogen-bond donors (Lipinski definition) is 0. The summed E-state index contributed by atoms with van der Waals surface area (Å²) in [7, 11) is 0.621. The SMILES string of the molecule is COc1ccc(S(=O)(=O)N(C)c2ccc(C(=O)N3CCC(C)CC3)cc2)cc1OC. The topological polar surface area (TPSA) is 76.2 Å². The third-order valence-corrected chi connectivity index (χ3v) is 7.34. The van der Waals surface area contributed by atoms with E-state index < -0.39 is 10.0 Å². The molecular weight excluding hydrogens is 404 g/mol. The Morgan fingerprint density at radius 2 is 1.60 bits per heavy atom. The average molecular weight is 433 g/mol. The molecule has 1 aliphatic rings. The molecule has 1 heterocycles. The first kappa shape index (κ1) is 22.0. The van der Waals surface area contributed by atoms with Gasteiger partial charge in [-0.25, -0.2) is 8.42 Å². The van der Waals surface area contributed by atoms with Crippen molar-refractivity contribution in [3.05, 3.63) is 48.0 Å². The molecule has 0 aromatic heterocycles. The maximum Gasteiger partial charge on any atom is 0.264 e. The summed E-state index contributed by atoms with van der Waals surface area (Å²) >= 11 is 0. The highest BCUT2D eigenvalue weighted by atomic mass is 32.2. The number of carbonyl (C=O) groups excluding carboxylic acids is 1. The van der Waals surface area contributed by atoms with Crippen LogP contribution in [0.25, 0.3) is 0 Å². The van der Waals surface area contributed by atoms with Crippen LogP contribution in [0.15, 0.2) is 47.4 Å². The highest BCUT2D eigenvalue weighted by Crippen LogP contribution is 2.31. The Bertz CT molecular complexity index is 997. The molecule has 1 aliphatic heterocycles. The number of anilines is 1. The number of rotatable bonds is 6. The van der Waals surface area contributed by atoms with Crippen LogP contribution in [0.3, 0.4) is 0 Å². The first-order valence-corrected chi connectivity index (χ1v) is 11.3. The summed E-state index contributed by atoms with van der Waals surface area (Å²) in [5.74, 6) is 1.42. The Labute approximate surface area is 178 Å². The van der Waals surface area contributed by atoms with Crippen molar-refractivity contribution >= 4 is 21.6 Å². The van der Waals surface area contributed by atoms with Gasteiger partial charge in [0.15, 0.2) is 11.5 Å². The van der Waals surface area contributed by atoms with E-state index >= 15 is 0 Å². The molecule has 0 radical (unpaired) electrons. The van der Waals surface area contributed by atoms with Gasteiger partial charge in [-0.2, -0.15) is 0 Å². The maximum absolute atomic E-state index is 13.1. The molecule has 0 spiro atoms. The van der Waals surface area contributed by atoms with Crippen LogP contribution in [0.1, 0.15) is 30.1 Å². The Hall–Kier alpha value is -2.74. The van der Waals surface area contributed by atoms with Crippen LogP contribution in [0.2, 0.25) is 0 Å². The Morgan fingerprint density at radius 1 is 1.00 bits per heavy atom. The standard InChI is InChI=1S/C22H28N2O5S/c1-16-11-13-24(14-12-16)22(25)17-5-7-18(8-6-17)23(2)30(26,27)19-9-10-20(28-3)21(15-19)29-4/h5-10,15-16H,11-14H2,1-4H3. The van der Waals surface area contributed by atoms with Gasteiger partial charge in [0.1, 0.15) is 0 Å². The van der Waals surface area contributed by atoms with Crippen molar-refractivity contribution in [3.63, 3.8) is 0 Å². The Balaban J connectivity index is 1.79. The van der Waals surface area contributed by atoms with Crippen molar-refractivity contribution in [2.24, 2.45) is 5.92 Å². The first-order chi connectivity index (χ1) is 14.3. The lowest BCUT2D eigenvalue weighted by Gasteiger charge is -2.30. The number of benzene rings is 2. The van der Waals surface area contributed by atoms with Crippen molar-refractivity contribution < 1.29 is 22.7 Å². The van der Waals surface area contributed by atoms with Gasteiger partial charge in [-0.15, -0.1) is 0 Å². The van der Waals surface area contributed by atoms with Crippen LogP contribution in [0.5, 0.6) is 11.5 Å². The number of hydrogen-bond acceptors (Lipinski definition) is 5. The predicted molar refractivity (Wildman–Crippen MR) is 116 cm³/mol. The Kier molecular flexibility index (Phi) is 6.55. The molecule has 30 heavy (non-hydrogen) atoms. The van der Waals surface area contributed by atoms with Crippen molar-refractivity contribution in [2.45, 2.75) is 24.7 Å². The molecule has 1 amide bonds. The molecule has 1 saturated heterocycles. The van der Waals surface area contributed by atoms with Crippen LogP contribution in [-0.4, -0.2) is 53.6 Å². The molecular formula is C22H28N2O5S. The summed E-state index contributed by atoms with van der Waals surface area (Å²) < 4.78 is 37.7. The summed E-state index contributed by atoms with van der Waals surface area (Å²) in [5, 5.41) is 0. The van der Waals surface area contributed by atoms with Crippen molar-refractivity contribution in [3.8, 4) is 11.5 Å². The lowest BCUT2D eigenvalue weighted by atomic mass is 9.98. The van der Waals surface area contributed by atoms with Gasteiger partial charge in [0.2, 0.25) is 0 Å². The molecule has 1 fully saturated rings.